The topological polar surface area (TPSA) is 26.0 Å². The predicted octanol–water partition coefficient (Wildman–Crippen LogP) is 3.24. The van der Waals surface area contributed by atoms with Gasteiger partial charge in [-0.1, -0.05) is 19.1 Å². The van der Waals surface area contributed by atoms with Crippen molar-refractivity contribution >= 4 is 0 Å². The maximum absolute atomic E-state index is 6.18. The van der Waals surface area contributed by atoms with Crippen molar-refractivity contribution in [2.24, 2.45) is 5.73 Å². The van der Waals surface area contributed by atoms with Gasteiger partial charge in [-0.05, 0) is 62.3 Å². The third-order valence-electron chi connectivity index (χ3n) is 4.33. The lowest BCUT2D eigenvalue weighted by atomic mass is 9.83. The molecule has 16 heavy (non-hydrogen) atoms. The van der Waals surface area contributed by atoms with Crippen LogP contribution < -0.4 is 5.73 Å². The van der Waals surface area contributed by atoms with E-state index in [1.54, 1.807) is 0 Å². The summed E-state index contributed by atoms with van der Waals surface area (Å²) in [6, 6.07) is 4.98. The number of benzene rings is 1. The van der Waals surface area contributed by atoms with Crippen molar-refractivity contribution in [2.75, 3.05) is 0 Å². The van der Waals surface area contributed by atoms with Gasteiger partial charge in [0.15, 0.2) is 0 Å². The van der Waals surface area contributed by atoms with Crippen LogP contribution >= 0.6 is 0 Å². The minimum Gasteiger partial charge on any atom is -0.327 e. The van der Waals surface area contributed by atoms with Crippen molar-refractivity contribution in [3.8, 4) is 0 Å². The molecule has 0 heterocycles. The van der Waals surface area contributed by atoms with Gasteiger partial charge in [0.05, 0.1) is 0 Å². The second kappa shape index (κ2) is 3.89. The predicted molar refractivity (Wildman–Crippen MR) is 69.9 cm³/mol. The van der Waals surface area contributed by atoms with Crippen molar-refractivity contribution in [1.82, 2.24) is 0 Å². The molecule has 0 aliphatic heterocycles. The quantitative estimate of drug-likeness (QED) is 0.826. The third-order valence-corrected chi connectivity index (χ3v) is 4.33. The summed E-state index contributed by atoms with van der Waals surface area (Å²) in [6.07, 6.45) is 3.64. The average molecular weight is 217 g/mol. The first-order valence-corrected chi connectivity index (χ1v) is 6.37. The van der Waals surface area contributed by atoms with Crippen LogP contribution in [0.3, 0.4) is 0 Å². The molecule has 0 bridgehead atoms. The molecule has 2 N–H and O–H groups in total. The van der Waals surface area contributed by atoms with Crippen LogP contribution in [0.2, 0.25) is 0 Å². The van der Waals surface area contributed by atoms with E-state index in [1.807, 2.05) is 0 Å². The largest absolute Gasteiger partial charge is 0.327 e. The summed E-state index contributed by atoms with van der Waals surface area (Å²) in [6.45, 7) is 8.83. The van der Waals surface area contributed by atoms with Gasteiger partial charge in [-0.25, -0.2) is 0 Å². The molecule has 88 valence electrons. The molecule has 0 amide bonds. The van der Waals surface area contributed by atoms with E-state index in [0.29, 0.717) is 5.41 Å². The molecule has 1 heteroatoms. The van der Waals surface area contributed by atoms with Gasteiger partial charge in [0.25, 0.3) is 0 Å². The van der Waals surface area contributed by atoms with Gasteiger partial charge in [-0.2, -0.15) is 0 Å². The first-order chi connectivity index (χ1) is 7.51. The first-order valence-electron chi connectivity index (χ1n) is 6.37. The highest BCUT2D eigenvalue weighted by atomic mass is 14.7. The van der Waals surface area contributed by atoms with Gasteiger partial charge in [0, 0.05) is 11.5 Å². The van der Waals surface area contributed by atoms with Crippen molar-refractivity contribution in [2.45, 2.75) is 58.4 Å². The fraction of sp³-hybridized carbons (Fsp3) is 0.600. The smallest absolute Gasteiger partial charge is 0.0108 e. The van der Waals surface area contributed by atoms with Gasteiger partial charge >= 0.3 is 0 Å². The van der Waals surface area contributed by atoms with Gasteiger partial charge in [0.1, 0.15) is 0 Å². The Kier molecular flexibility index (Phi) is 2.83. The summed E-state index contributed by atoms with van der Waals surface area (Å²) in [7, 11) is 0. The maximum Gasteiger partial charge on any atom is 0.0108 e. The summed E-state index contributed by atoms with van der Waals surface area (Å²) >= 11 is 0. The highest BCUT2D eigenvalue weighted by Gasteiger charge is 2.48. The summed E-state index contributed by atoms with van der Waals surface area (Å²) in [5.41, 5.74) is 12.3. The molecule has 0 radical (unpaired) electrons. The van der Waals surface area contributed by atoms with Crippen LogP contribution in [-0.4, -0.2) is 6.04 Å². The molecule has 2 rings (SSSR count). The van der Waals surface area contributed by atoms with E-state index in [1.165, 1.54) is 35.1 Å². The number of hydrogen-bond acceptors (Lipinski definition) is 1. The van der Waals surface area contributed by atoms with Gasteiger partial charge in [-0.15, -0.1) is 0 Å². The van der Waals surface area contributed by atoms with E-state index in [9.17, 15) is 0 Å². The zero-order chi connectivity index (χ0) is 11.9. The Labute approximate surface area is 99.0 Å². The van der Waals surface area contributed by atoms with Crippen LogP contribution in [-0.2, 0) is 11.8 Å². The van der Waals surface area contributed by atoms with Crippen molar-refractivity contribution in [1.29, 1.82) is 0 Å². The Hall–Kier alpha value is -0.820. The molecule has 1 fully saturated rings. The van der Waals surface area contributed by atoms with Crippen molar-refractivity contribution in [3.05, 3.63) is 34.4 Å². The normalized spacial score (nSPS) is 19.6. The van der Waals surface area contributed by atoms with Gasteiger partial charge < -0.3 is 5.73 Å². The van der Waals surface area contributed by atoms with E-state index < -0.39 is 0 Å². The number of hydrogen-bond donors (Lipinski definition) is 1. The molecule has 1 aliphatic carbocycles. The lowest BCUT2D eigenvalue weighted by molar-refractivity contribution is 0.553. The molecule has 0 aromatic heterocycles. The lowest BCUT2D eigenvalue weighted by Gasteiger charge is -2.24. The number of aryl methyl sites for hydroxylation is 2. The molecular weight excluding hydrogens is 194 g/mol. The monoisotopic (exact) mass is 217 g/mol. The Morgan fingerprint density at radius 3 is 2.38 bits per heavy atom. The number of nitrogens with two attached hydrogens (primary N) is 1. The van der Waals surface area contributed by atoms with Crippen LogP contribution in [0.4, 0.5) is 0 Å². The fourth-order valence-electron chi connectivity index (χ4n) is 2.76. The van der Waals surface area contributed by atoms with Crippen molar-refractivity contribution < 1.29 is 0 Å². The molecule has 1 aromatic carbocycles. The Morgan fingerprint density at radius 2 is 1.94 bits per heavy atom. The summed E-state index contributed by atoms with van der Waals surface area (Å²) < 4.78 is 0. The van der Waals surface area contributed by atoms with E-state index in [0.717, 1.165) is 6.42 Å². The summed E-state index contributed by atoms with van der Waals surface area (Å²) in [4.78, 5) is 0. The van der Waals surface area contributed by atoms with E-state index in [-0.39, 0.29) is 6.04 Å². The van der Waals surface area contributed by atoms with Crippen molar-refractivity contribution in [3.63, 3.8) is 0 Å². The summed E-state index contributed by atoms with van der Waals surface area (Å²) in [5, 5.41) is 0. The van der Waals surface area contributed by atoms with Crippen LogP contribution in [0.1, 0.15) is 48.9 Å². The van der Waals surface area contributed by atoms with Gasteiger partial charge in [0.2, 0.25) is 0 Å². The maximum atomic E-state index is 6.18. The average Bonchev–Trinajstić information content (AvgIpc) is 3.02. The van der Waals surface area contributed by atoms with E-state index in [2.05, 4.69) is 39.8 Å². The number of rotatable bonds is 3. The Morgan fingerprint density at radius 1 is 1.31 bits per heavy atom. The molecule has 0 spiro atoms. The zero-order valence-corrected chi connectivity index (χ0v) is 10.9. The fourth-order valence-corrected chi connectivity index (χ4v) is 2.76. The molecule has 1 saturated carbocycles. The lowest BCUT2D eigenvalue weighted by Crippen LogP contribution is -2.32. The second-order valence-electron chi connectivity index (χ2n) is 5.38. The first kappa shape index (κ1) is 11.7. The molecule has 1 aliphatic rings. The molecule has 1 unspecified atom stereocenters. The highest BCUT2D eigenvalue weighted by molar-refractivity contribution is 5.46. The zero-order valence-electron chi connectivity index (χ0n) is 10.9. The second-order valence-corrected chi connectivity index (χ2v) is 5.38. The summed E-state index contributed by atoms with van der Waals surface area (Å²) in [5.74, 6) is 0. The molecule has 1 atom stereocenters. The van der Waals surface area contributed by atoms with Crippen LogP contribution in [0, 0.1) is 13.8 Å². The highest BCUT2D eigenvalue weighted by Crippen LogP contribution is 2.51. The minimum absolute atomic E-state index is 0.276. The van der Waals surface area contributed by atoms with Crippen LogP contribution in [0.15, 0.2) is 12.1 Å². The SMILES string of the molecule is CCc1cc(C)c(C)c(C2(C(C)N)CC2)c1. The Balaban J connectivity index is 2.52. The van der Waals surface area contributed by atoms with E-state index in [4.69, 9.17) is 5.73 Å². The molecule has 0 saturated heterocycles. The molecular formula is C15H23N. The van der Waals surface area contributed by atoms with Gasteiger partial charge in [-0.3, -0.25) is 0 Å². The van der Waals surface area contributed by atoms with E-state index >= 15 is 0 Å². The molecule has 1 nitrogen and oxygen atoms in total. The third kappa shape index (κ3) is 1.67. The molecule has 1 aromatic rings. The standard InChI is InChI=1S/C15H23N/c1-5-13-8-10(2)11(3)14(9-13)15(6-7-15)12(4)16/h8-9,12H,5-7,16H2,1-4H3. The van der Waals surface area contributed by atoms with Crippen LogP contribution in [0.5, 0.6) is 0 Å². The van der Waals surface area contributed by atoms with Crippen LogP contribution in [0.25, 0.3) is 0 Å². The minimum atomic E-state index is 0.276. The Bertz CT molecular complexity index is 400.